The van der Waals surface area contributed by atoms with Gasteiger partial charge in [-0.3, -0.25) is 14.5 Å². The summed E-state index contributed by atoms with van der Waals surface area (Å²) in [4.78, 5) is 27.1. The van der Waals surface area contributed by atoms with Gasteiger partial charge >= 0.3 is 0 Å². The smallest absolute Gasteiger partial charge is 0.238 e. The Morgan fingerprint density at radius 1 is 1.00 bits per heavy atom. The van der Waals surface area contributed by atoms with Crippen molar-refractivity contribution in [2.75, 3.05) is 4.90 Å². The van der Waals surface area contributed by atoms with Crippen LogP contribution in [0.1, 0.15) is 18.4 Å². The lowest BCUT2D eigenvalue weighted by Crippen LogP contribution is -2.34. The monoisotopic (exact) mass is 290 g/mol. The predicted octanol–water partition coefficient (Wildman–Crippen LogP) is 2.26. The van der Waals surface area contributed by atoms with Crippen molar-refractivity contribution in [3.05, 3.63) is 42.0 Å². The molecule has 0 unspecified atom stereocenters. The van der Waals surface area contributed by atoms with E-state index < -0.39 is 0 Å². The van der Waals surface area contributed by atoms with Crippen LogP contribution < -0.4 is 4.90 Å². The van der Waals surface area contributed by atoms with Crippen LogP contribution in [0.25, 0.3) is 0 Å². The van der Waals surface area contributed by atoms with Gasteiger partial charge in [-0.1, -0.05) is 12.2 Å². The summed E-state index contributed by atoms with van der Waals surface area (Å²) in [6.07, 6.45) is 6.65. The zero-order valence-corrected chi connectivity index (χ0v) is 11.9. The Labute approximate surface area is 128 Å². The number of allylic oxidation sites excluding steroid dienone is 2. The Balaban J connectivity index is 1.55. The molecule has 1 heterocycles. The van der Waals surface area contributed by atoms with Gasteiger partial charge in [0.1, 0.15) is 0 Å². The molecule has 0 radical (unpaired) electrons. The Bertz CT molecular complexity index is 748. The van der Waals surface area contributed by atoms with E-state index in [1.165, 1.54) is 4.90 Å². The number of imide groups is 1. The molecule has 108 valence electrons. The number of nitriles is 1. The molecule has 2 amide bonds. The number of carbonyl (C=O) groups excluding carboxylic acids is 2. The van der Waals surface area contributed by atoms with Gasteiger partial charge in [-0.2, -0.15) is 5.26 Å². The largest absolute Gasteiger partial charge is 0.274 e. The molecule has 0 aromatic heterocycles. The molecule has 4 aliphatic rings. The highest BCUT2D eigenvalue weighted by molar-refractivity contribution is 6.23. The van der Waals surface area contributed by atoms with Crippen LogP contribution >= 0.6 is 0 Å². The third-order valence-corrected chi connectivity index (χ3v) is 6.11. The van der Waals surface area contributed by atoms with Gasteiger partial charge in [-0.05, 0) is 54.4 Å². The highest BCUT2D eigenvalue weighted by Gasteiger charge is 2.73. The molecule has 3 fully saturated rings. The number of carbonyl (C=O) groups is 2. The van der Waals surface area contributed by atoms with Crippen LogP contribution in [0, 0.1) is 40.4 Å². The third kappa shape index (κ3) is 1.20. The number of hydrogen-bond acceptors (Lipinski definition) is 3. The van der Waals surface area contributed by atoms with Crippen LogP contribution in [-0.2, 0) is 9.59 Å². The molecule has 3 aliphatic carbocycles. The molecule has 1 spiro atoms. The summed E-state index contributed by atoms with van der Waals surface area (Å²) >= 11 is 0. The first-order valence-corrected chi connectivity index (χ1v) is 7.74. The van der Waals surface area contributed by atoms with E-state index in [4.69, 9.17) is 5.26 Å². The van der Waals surface area contributed by atoms with Crippen molar-refractivity contribution in [1.29, 1.82) is 5.26 Å². The zero-order valence-electron chi connectivity index (χ0n) is 11.9. The van der Waals surface area contributed by atoms with E-state index in [0.29, 0.717) is 11.3 Å². The van der Waals surface area contributed by atoms with E-state index in [2.05, 4.69) is 18.2 Å². The molecule has 1 aromatic carbocycles. The second-order valence-corrected chi connectivity index (χ2v) is 6.89. The van der Waals surface area contributed by atoms with E-state index in [1.54, 1.807) is 24.3 Å². The van der Waals surface area contributed by atoms with E-state index in [-0.39, 0.29) is 40.9 Å². The van der Waals surface area contributed by atoms with Crippen LogP contribution in [-0.4, -0.2) is 11.8 Å². The molecular weight excluding hydrogens is 276 g/mol. The van der Waals surface area contributed by atoms with E-state index in [0.717, 1.165) is 12.8 Å². The van der Waals surface area contributed by atoms with E-state index >= 15 is 0 Å². The second-order valence-electron chi connectivity index (χ2n) is 6.89. The normalized spacial score (nSPS) is 36.0. The third-order valence-electron chi connectivity index (χ3n) is 6.11. The van der Waals surface area contributed by atoms with Crippen molar-refractivity contribution in [2.45, 2.75) is 12.8 Å². The van der Waals surface area contributed by atoms with Gasteiger partial charge in [0, 0.05) is 0 Å². The second kappa shape index (κ2) is 3.67. The van der Waals surface area contributed by atoms with Gasteiger partial charge in [0.15, 0.2) is 0 Å². The summed E-state index contributed by atoms with van der Waals surface area (Å²) in [5.74, 6) is 0.0663. The number of anilines is 1. The fourth-order valence-electron chi connectivity index (χ4n) is 5.02. The number of hydrogen-bond donors (Lipinski definition) is 0. The molecule has 4 atom stereocenters. The van der Waals surface area contributed by atoms with Crippen molar-refractivity contribution in [3.8, 4) is 6.07 Å². The first-order valence-electron chi connectivity index (χ1n) is 7.74. The number of rotatable bonds is 1. The van der Waals surface area contributed by atoms with Crippen molar-refractivity contribution < 1.29 is 9.59 Å². The van der Waals surface area contributed by atoms with Crippen LogP contribution in [0.3, 0.4) is 0 Å². The first kappa shape index (κ1) is 12.2. The summed E-state index contributed by atoms with van der Waals surface area (Å²) in [6, 6.07) is 8.74. The van der Waals surface area contributed by atoms with Crippen LogP contribution in [0.2, 0.25) is 0 Å². The quantitative estimate of drug-likeness (QED) is 0.589. The number of amides is 2. The molecule has 4 nitrogen and oxygen atoms in total. The lowest BCUT2D eigenvalue weighted by Gasteiger charge is -2.21. The maximum Gasteiger partial charge on any atom is 0.238 e. The topological polar surface area (TPSA) is 61.2 Å². The number of nitrogens with zero attached hydrogens (tertiary/aromatic N) is 2. The summed E-state index contributed by atoms with van der Waals surface area (Å²) in [5.41, 5.74) is 1.35. The van der Waals surface area contributed by atoms with Crippen molar-refractivity contribution >= 4 is 17.5 Å². The molecule has 5 rings (SSSR count). The lowest BCUT2D eigenvalue weighted by molar-refractivity contribution is -0.123. The van der Waals surface area contributed by atoms with Crippen LogP contribution in [0.15, 0.2) is 36.4 Å². The predicted molar refractivity (Wildman–Crippen MR) is 78.4 cm³/mol. The molecular formula is C18H14N2O2. The molecule has 1 saturated heterocycles. The maximum absolute atomic E-state index is 12.9. The first-order chi connectivity index (χ1) is 10.7. The van der Waals surface area contributed by atoms with E-state index in [1.807, 2.05) is 0 Å². The number of benzene rings is 1. The Hall–Kier alpha value is -2.41. The Morgan fingerprint density at radius 3 is 2.00 bits per heavy atom. The van der Waals surface area contributed by atoms with Crippen LogP contribution in [0.5, 0.6) is 0 Å². The SMILES string of the molecule is N#Cc1ccc(N2C(=O)[C@@H]3[C@@H](C2=O)[C@@H]2C=C[C@H]3C23CC3)cc1. The summed E-state index contributed by atoms with van der Waals surface area (Å²) in [6.45, 7) is 0. The van der Waals surface area contributed by atoms with Crippen molar-refractivity contribution in [3.63, 3.8) is 0 Å². The van der Waals surface area contributed by atoms with Crippen LogP contribution in [0.4, 0.5) is 5.69 Å². The van der Waals surface area contributed by atoms with Gasteiger partial charge in [0.05, 0.1) is 29.2 Å². The molecule has 4 heteroatoms. The lowest BCUT2D eigenvalue weighted by atomic mass is 9.85. The van der Waals surface area contributed by atoms with Crippen molar-refractivity contribution in [1.82, 2.24) is 0 Å². The van der Waals surface area contributed by atoms with Crippen molar-refractivity contribution in [2.24, 2.45) is 29.1 Å². The molecule has 2 bridgehead atoms. The molecule has 1 aliphatic heterocycles. The molecule has 22 heavy (non-hydrogen) atoms. The molecule has 2 saturated carbocycles. The Morgan fingerprint density at radius 2 is 1.55 bits per heavy atom. The highest BCUT2D eigenvalue weighted by Crippen LogP contribution is 2.73. The summed E-state index contributed by atoms with van der Waals surface area (Å²) in [7, 11) is 0. The zero-order chi connectivity index (χ0) is 15.1. The number of fused-ring (bicyclic) bond motifs is 3. The highest BCUT2D eigenvalue weighted by atomic mass is 16.2. The van der Waals surface area contributed by atoms with Gasteiger partial charge in [0.2, 0.25) is 11.8 Å². The average Bonchev–Trinajstić information content (AvgIpc) is 3.13. The standard InChI is InChI=1S/C18H14N2O2/c19-9-10-1-3-11(4-2-10)20-16(21)14-12-5-6-13(15(14)17(20)22)18(12)7-8-18/h1-6,12-15H,7-8H2/t12-,13+,14-,15-/m0/s1. The minimum absolute atomic E-state index is 0.0529. The molecule has 0 N–H and O–H groups in total. The summed E-state index contributed by atoms with van der Waals surface area (Å²) in [5, 5.41) is 8.87. The van der Waals surface area contributed by atoms with Gasteiger partial charge in [0.25, 0.3) is 0 Å². The minimum atomic E-state index is -0.166. The van der Waals surface area contributed by atoms with Gasteiger partial charge in [-0.15, -0.1) is 0 Å². The van der Waals surface area contributed by atoms with Gasteiger partial charge < -0.3 is 0 Å². The Kier molecular flexibility index (Phi) is 2.03. The van der Waals surface area contributed by atoms with Gasteiger partial charge in [-0.25, -0.2) is 0 Å². The summed E-state index contributed by atoms with van der Waals surface area (Å²) < 4.78 is 0. The average molecular weight is 290 g/mol. The minimum Gasteiger partial charge on any atom is -0.274 e. The fourth-order valence-corrected chi connectivity index (χ4v) is 5.02. The maximum atomic E-state index is 12.9. The fraction of sp³-hybridized carbons (Fsp3) is 0.389. The van der Waals surface area contributed by atoms with E-state index in [9.17, 15) is 9.59 Å². The molecule has 1 aromatic rings.